The Hall–Kier alpha value is -1.35. The highest BCUT2D eigenvalue weighted by Crippen LogP contribution is 2.22. The van der Waals surface area contributed by atoms with Crippen LogP contribution in [-0.4, -0.2) is 30.4 Å². The van der Waals surface area contributed by atoms with E-state index in [0.29, 0.717) is 25.6 Å². The van der Waals surface area contributed by atoms with Gasteiger partial charge in [0.2, 0.25) is 0 Å². The topological polar surface area (TPSA) is 46.3 Å². The molecular formula is C17H28N2O. The first kappa shape index (κ1) is 16.7. The fraction of sp³-hybridized carbons (Fsp3) is 0.588. The molecule has 112 valence electrons. The van der Waals surface area contributed by atoms with Crippen molar-refractivity contribution in [3.8, 4) is 0 Å². The molecule has 1 aromatic carbocycles. The molecule has 0 spiro atoms. The van der Waals surface area contributed by atoms with Crippen molar-refractivity contribution in [3.05, 3.63) is 35.4 Å². The lowest BCUT2D eigenvalue weighted by Crippen LogP contribution is -2.36. The van der Waals surface area contributed by atoms with E-state index in [0.717, 1.165) is 5.56 Å². The summed E-state index contributed by atoms with van der Waals surface area (Å²) in [5.74, 6) is 0.418. The van der Waals surface area contributed by atoms with E-state index in [-0.39, 0.29) is 11.3 Å². The summed E-state index contributed by atoms with van der Waals surface area (Å²) < 4.78 is 0. The van der Waals surface area contributed by atoms with Crippen molar-refractivity contribution in [3.63, 3.8) is 0 Å². The van der Waals surface area contributed by atoms with Crippen molar-refractivity contribution in [2.75, 3.05) is 19.6 Å². The standard InChI is InChI=1S/C17H28N2O/c1-6-19(12-13(2)11-18)16(20)14-7-9-15(10-8-14)17(3,4)5/h7-10,13H,6,11-12,18H2,1-5H3. The van der Waals surface area contributed by atoms with Crippen LogP contribution < -0.4 is 5.73 Å². The molecule has 0 bridgehead atoms. The van der Waals surface area contributed by atoms with E-state index in [1.807, 2.05) is 36.1 Å². The molecule has 0 saturated carbocycles. The Balaban J connectivity index is 2.85. The van der Waals surface area contributed by atoms with Crippen LogP contribution in [0.2, 0.25) is 0 Å². The highest BCUT2D eigenvalue weighted by molar-refractivity contribution is 5.94. The molecule has 1 unspecified atom stereocenters. The summed E-state index contributed by atoms with van der Waals surface area (Å²) in [7, 11) is 0. The fourth-order valence-corrected chi connectivity index (χ4v) is 2.10. The molecule has 3 heteroatoms. The summed E-state index contributed by atoms with van der Waals surface area (Å²) in [4.78, 5) is 14.3. The van der Waals surface area contributed by atoms with Crippen molar-refractivity contribution >= 4 is 5.91 Å². The Morgan fingerprint density at radius 2 is 1.80 bits per heavy atom. The number of nitrogens with two attached hydrogens (primary N) is 1. The van der Waals surface area contributed by atoms with Gasteiger partial charge in [0.15, 0.2) is 0 Å². The Bertz CT molecular complexity index is 431. The minimum Gasteiger partial charge on any atom is -0.339 e. The zero-order valence-corrected chi connectivity index (χ0v) is 13.4. The monoisotopic (exact) mass is 276 g/mol. The molecule has 0 aliphatic rings. The number of hydrogen-bond donors (Lipinski definition) is 1. The van der Waals surface area contributed by atoms with Gasteiger partial charge in [0.05, 0.1) is 0 Å². The number of carbonyl (C=O) groups is 1. The maximum Gasteiger partial charge on any atom is 0.253 e. The predicted molar refractivity (Wildman–Crippen MR) is 84.9 cm³/mol. The molecule has 1 rings (SSSR count). The van der Waals surface area contributed by atoms with E-state index >= 15 is 0 Å². The quantitative estimate of drug-likeness (QED) is 0.898. The van der Waals surface area contributed by atoms with E-state index in [2.05, 4.69) is 27.7 Å². The Morgan fingerprint density at radius 1 is 1.25 bits per heavy atom. The Kier molecular flexibility index (Phi) is 5.75. The lowest BCUT2D eigenvalue weighted by molar-refractivity contribution is 0.0743. The van der Waals surface area contributed by atoms with Crippen molar-refractivity contribution in [1.82, 2.24) is 4.90 Å². The Morgan fingerprint density at radius 3 is 2.20 bits per heavy atom. The van der Waals surface area contributed by atoms with Gasteiger partial charge in [-0.3, -0.25) is 4.79 Å². The first-order chi connectivity index (χ1) is 9.29. The van der Waals surface area contributed by atoms with E-state index in [1.54, 1.807) is 0 Å². The smallest absolute Gasteiger partial charge is 0.253 e. The first-order valence-corrected chi connectivity index (χ1v) is 7.39. The number of hydrogen-bond acceptors (Lipinski definition) is 2. The van der Waals surface area contributed by atoms with Crippen LogP contribution in [0.4, 0.5) is 0 Å². The molecular weight excluding hydrogens is 248 g/mol. The number of carbonyl (C=O) groups excluding carboxylic acids is 1. The van der Waals surface area contributed by atoms with Crippen LogP contribution in [0.5, 0.6) is 0 Å². The molecule has 0 aliphatic carbocycles. The molecule has 20 heavy (non-hydrogen) atoms. The predicted octanol–water partition coefficient (Wildman–Crippen LogP) is 3.04. The van der Waals surface area contributed by atoms with E-state index in [4.69, 9.17) is 5.73 Å². The third kappa shape index (κ3) is 4.34. The van der Waals surface area contributed by atoms with Crippen LogP contribution in [0.15, 0.2) is 24.3 Å². The lowest BCUT2D eigenvalue weighted by atomic mass is 9.86. The molecule has 1 amide bonds. The highest BCUT2D eigenvalue weighted by Gasteiger charge is 2.18. The minimum atomic E-state index is 0.0910. The van der Waals surface area contributed by atoms with Gasteiger partial charge < -0.3 is 10.6 Å². The van der Waals surface area contributed by atoms with Gasteiger partial charge in [-0.05, 0) is 42.5 Å². The third-order valence-corrected chi connectivity index (χ3v) is 3.60. The van der Waals surface area contributed by atoms with Gasteiger partial charge in [0, 0.05) is 18.7 Å². The Labute approximate surface area is 123 Å². The SMILES string of the molecule is CCN(CC(C)CN)C(=O)c1ccc(C(C)(C)C)cc1. The number of nitrogens with zero attached hydrogens (tertiary/aromatic N) is 1. The summed E-state index contributed by atoms with van der Waals surface area (Å²) in [6, 6.07) is 7.96. The minimum absolute atomic E-state index is 0.0910. The molecule has 0 heterocycles. The van der Waals surface area contributed by atoms with Gasteiger partial charge in [-0.15, -0.1) is 0 Å². The third-order valence-electron chi connectivity index (χ3n) is 3.60. The molecule has 0 saturated heterocycles. The molecule has 0 radical (unpaired) electrons. The number of rotatable bonds is 5. The fourth-order valence-electron chi connectivity index (χ4n) is 2.10. The maximum absolute atomic E-state index is 12.5. The van der Waals surface area contributed by atoms with Crippen LogP contribution in [0.3, 0.4) is 0 Å². The van der Waals surface area contributed by atoms with Crippen LogP contribution in [0, 0.1) is 5.92 Å². The maximum atomic E-state index is 12.5. The molecule has 2 N–H and O–H groups in total. The van der Waals surface area contributed by atoms with Crippen LogP contribution >= 0.6 is 0 Å². The van der Waals surface area contributed by atoms with Gasteiger partial charge in [-0.25, -0.2) is 0 Å². The largest absolute Gasteiger partial charge is 0.339 e. The van der Waals surface area contributed by atoms with Crippen molar-refractivity contribution in [2.45, 2.75) is 40.0 Å². The lowest BCUT2D eigenvalue weighted by Gasteiger charge is -2.25. The second kappa shape index (κ2) is 6.89. The van der Waals surface area contributed by atoms with Crippen molar-refractivity contribution in [1.29, 1.82) is 0 Å². The van der Waals surface area contributed by atoms with Gasteiger partial charge >= 0.3 is 0 Å². The number of benzene rings is 1. The van der Waals surface area contributed by atoms with E-state index in [1.165, 1.54) is 5.56 Å². The van der Waals surface area contributed by atoms with Gasteiger partial charge in [-0.2, -0.15) is 0 Å². The normalized spacial score (nSPS) is 13.1. The van der Waals surface area contributed by atoms with Crippen molar-refractivity contribution in [2.24, 2.45) is 11.7 Å². The zero-order chi connectivity index (χ0) is 15.3. The van der Waals surface area contributed by atoms with E-state index < -0.39 is 0 Å². The first-order valence-electron chi connectivity index (χ1n) is 7.39. The zero-order valence-electron chi connectivity index (χ0n) is 13.4. The summed E-state index contributed by atoms with van der Waals surface area (Å²) in [5, 5.41) is 0. The van der Waals surface area contributed by atoms with E-state index in [9.17, 15) is 4.79 Å². The average molecular weight is 276 g/mol. The van der Waals surface area contributed by atoms with Crippen LogP contribution in [-0.2, 0) is 5.41 Å². The molecule has 0 aromatic heterocycles. The van der Waals surface area contributed by atoms with Crippen LogP contribution in [0.1, 0.15) is 50.5 Å². The molecule has 0 aliphatic heterocycles. The molecule has 1 atom stereocenters. The summed E-state index contributed by atoms with van der Waals surface area (Å²) in [6.07, 6.45) is 0. The molecule has 0 fully saturated rings. The summed E-state index contributed by atoms with van der Waals surface area (Å²) in [6.45, 7) is 12.6. The summed E-state index contributed by atoms with van der Waals surface area (Å²) in [5.41, 5.74) is 7.75. The van der Waals surface area contributed by atoms with Gasteiger partial charge in [0.25, 0.3) is 5.91 Å². The highest BCUT2D eigenvalue weighted by atomic mass is 16.2. The summed E-state index contributed by atoms with van der Waals surface area (Å²) >= 11 is 0. The van der Waals surface area contributed by atoms with Gasteiger partial charge in [0.1, 0.15) is 0 Å². The second-order valence-electron chi connectivity index (χ2n) is 6.51. The average Bonchev–Trinajstić information content (AvgIpc) is 2.42. The number of amides is 1. The van der Waals surface area contributed by atoms with Crippen molar-refractivity contribution < 1.29 is 4.79 Å². The second-order valence-corrected chi connectivity index (χ2v) is 6.51. The molecule has 3 nitrogen and oxygen atoms in total. The van der Waals surface area contributed by atoms with Crippen LogP contribution in [0.25, 0.3) is 0 Å². The van der Waals surface area contributed by atoms with Gasteiger partial charge in [-0.1, -0.05) is 39.8 Å². The molecule has 1 aromatic rings.